The van der Waals surface area contributed by atoms with Gasteiger partial charge in [0.1, 0.15) is 0 Å². The summed E-state index contributed by atoms with van der Waals surface area (Å²) in [6.07, 6.45) is -10.3. The zero-order valence-electron chi connectivity index (χ0n) is 45.0. The molecule has 0 unspecified atom stereocenters. The molecule has 82 heavy (non-hydrogen) atoms. The van der Waals surface area contributed by atoms with Gasteiger partial charge in [0.15, 0.2) is 0 Å². The first-order valence-electron chi connectivity index (χ1n) is 26.9. The number of fused-ring (bicyclic) bond motifs is 6. The maximum Gasteiger partial charge on any atom is 0.417 e. The number of aryl methyl sites for hydroxylation is 4. The molecule has 0 saturated carbocycles. The average molecular weight is 1080 g/mol. The smallest absolute Gasteiger partial charge is 0.309 e. The lowest BCUT2D eigenvalue weighted by atomic mass is 9.89. The third kappa shape index (κ3) is 9.07. The third-order valence-corrected chi connectivity index (χ3v) is 15.8. The molecule has 0 aliphatic rings. The van der Waals surface area contributed by atoms with Crippen LogP contribution < -0.4 is 0 Å². The molecule has 9 heteroatoms. The Bertz CT molecular complexity index is 4560. The molecule has 0 saturated heterocycles. The monoisotopic (exact) mass is 1080 g/mol. The molecule has 0 bridgehead atoms. The topological polar surface area (TPSA) is 33.6 Å². The summed E-state index contributed by atoms with van der Waals surface area (Å²) in [5, 5.41) is 14.8. The van der Waals surface area contributed by atoms with Crippen molar-refractivity contribution in [3.8, 4) is 84.2 Å². The van der Waals surface area contributed by atoms with Crippen LogP contribution in [-0.4, -0.2) is 9.13 Å². The van der Waals surface area contributed by atoms with E-state index in [2.05, 4.69) is 134 Å². The maximum absolute atomic E-state index is 15.2. The molecule has 3 nitrogen and oxygen atoms in total. The number of aromatic nitrogens is 2. The first kappa shape index (κ1) is 51.5. The molecule has 0 aliphatic heterocycles. The van der Waals surface area contributed by atoms with Gasteiger partial charge in [-0.1, -0.05) is 156 Å². The van der Waals surface area contributed by atoms with Crippen LogP contribution in [0.5, 0.6) is 0 Å². The fraction of sp³-hybridized carbons (Fsp3) is 0.0822. The summed E-state index contributed by atoms with van der Waals surface area (Å²) in [7, 11) is 0. The molecule has 2 aromatic heterocycles. The van der Waals surface area contributed by atoms with E-state index in [-0.39, 0.29) is 16.7 Å². The Morgan fingerprint density at radius 1 is 0.329 bits per heavy atom. The lowest BCUT2D eigenvalue weighted by Gasteiger charge is -2.22. The van der Waals surface area contributed by atoms with Crippen LogP contribution in [0.25, 0.3) is 122 Å². The van der Waals surface area contributed by atoms with E-state index in [4.69, 9.17) is 0 Å². The second kappa shape index (κ2) is 19.7. The summed E-state index contributed by atoms with van der Waals surface area (Å²) in [5.41, 5.74) is 13.2. The number of hydrogen-bond donors (Lipinski definition) is 0. The van der Waals surface area contributed by atoms with Crippen LogP contribution in [0.15, 0.2) is 224 Å². The highest BCUT2D eigenvalue weighted by Gasteiger charge is 2.41. The van der Waals surface area contributed by atoms with Gasteiger partial charge in [0.25, 0.3) is 0 Å². The summed E-state index contributed by atoms with van der Waals surface area (Å²) in [6.45, 7) is 8.19. The molecule has 0 spiro atoms. The molecule has 0 amide bonds. The van der Waals surface area contributed by atoms with Gasteiger partial charge in [0, 0.05) is 43.9 Å². The van der Waals surface area contributed by atoms with Crippen molar-refractivity contribution in [1.82, 2.24) is 9.13 Å². The van der Waals surface area contributed by atoms with Crippen molar-refractivity contribution < 1.29 is 26.3 Å². The van der Waals surface area contributed by atoms with E-state index < -0.39 is 29.0 Å². The summed E-state index contributed by atoms with van der Waals surface area (Å²) < 4.78 is 95.2. The van der Waals surface area contributed by atoms with E-state index >= 15 is 26.3 Å². The quantitative estimate of drug-likeness (QED) is 0.140. The molecule has 0 atom stereocenters. The Balaban J connectivity index is 1.11. The molecule has 398 valence electrons. The standard InChI is InChI=1S/C73H49F6N3/c1-43-10-5-14-47(32-43)51-21-27-66-60(36-51)61-37-52(48-15-6-11-44(2)33-48)22-28-67(61)81(66)57-26-20-56(42-80)58(41-57)59-40-55(71-64(72(74,75)76)18-9-19-65(71)73(77,78)79)25-31-68(59)82-69-29-23-53(49-16-7-12-45(3)34-49)38-62(69)63-39-54(24-30-70(63)82)50-17-8-13-46(4)35-50/h5-41H,1-4H3. The van der Waals surface area contributed by atoms with Gasteiger partial charge in [-0.2, -0.15) is 31.6 Å². The predicted molar refractivity (Wildman–Crippen MR) is 321 cm³/mol. The number of benzene rings is 11. The summed E-state index contributed by atoms with van der Waals surface area (Å²) in [4.78, 5) is 0. The molecule has 0 radical (unpaired) electrons. The van der Waals surface area contributed by atoms with E-state index in [9.17, 15) is 5.26 Å². The molecule has 0 aliphatic carbocycles. The molecule has 0 fully saturated rings. The van der Waals surface area contributed by atoms with Crippen LogP contribution in [0.3, 0.4) is 0 Å². The Labute approximate surface area is 469 Å². The van der Waals surface area contributed by atoms with Gasteiger partial charge >= 0.3 is 12.4 Å². The van der Waals surface area contributed by atoms with Crippen molar-refractivity contribution in [1.29, 1.82) is 5.26 Å². The first-order valence-corrected chi connectivity index (χ1v) is 26.9. The second-order valence-electron chi connectivity index (χ2n) is 21.4. The minimum Gasteiger partial charge on any atom is -0.309 e. The van der Waals surface area contributed by atoms with Gasteiger partial charge < -0.3 is 9.13 Å². The number of nitriles is 1. The van der Waals surface area contributed by atoms with Gasteiger partial charge in [-0.3, -0.25) is 0 Å². The van der Waals surface area contributed by atoms with E-state index in [1.807, 2.05) is 91.2 Å². The lowest BCUT2D eigenvalue weighted by Crippen LogP contribution is -2.14. The van der Waals surface area contributed by atoms with Crippen LogP contribution in [0.1, 0.15) is 38.9 Å². The predicted octanol–water partition coefficient (Wildman–Crippen LogP) is 21.0. The van der Waals surface area contributed by atoms with Crippen molar-refractivity contribution in [2.45, 2.75) is 40.0 Å². The number of alkyl halides is 6. The zero-order chi connectivity index (χ0) is 56.8. The maximum atomic E-state index is 15.2. The van der Waals surface area contributed by atoms with E-state index in [1.165, 1.54) is 12.1 Å². The van der Waals surface area contributed by atoms with Crippen LogP contribution in [0.4, 0.5) is 26.3 Å². The van der Waals surface area contributed by atoms with Gasteiger partial charge in [0.05, 0.1) is 50.5 Å². The fourth-order valence-corrected chi connectivity index (χ4v) is 12.0. The number of hydrogen-bond acceptors (Lipinski definition) is 1. The highest BCUT2D eigenvalue weighted by molar-refractivity contribution is 6.13. The second-order valence-corrected chi connectivity index (χ2v) is 21.4. The summed E-state index contributed by atoms with van der Waals surface area (Å²) in [5.74, 6) is 0. The van der Waals surface area contributed by atoms with Crippen LogP contribution in [0, 0.1) is 39.0 Å². The molecule has 2 heterocycles. The molecular weight excluding hydrogens is 1030 g/mol. The van der Waals surface area contributed by atoms with Crippen molar-refractivity contribution in [3.05, 3.63) is 263 Å². The van der Waals surface area contributed by atoms with E-state index in [0.717, 1.165) is 116 Å². The largest absolute Gasteiger partial charge is 0.417 e. The molecule has 13 aromatic rings. The highest BCUT2D eigenvalue weighted by Crippen LogP contribution is 2.48. The van der Waals surface area contributed by atoms with Gasteiger partial charge in [-0.25, -0.2) is 0 Å². The average Bonchev–Trinajstić information content (AvgIpc) is 2.43. The first-order chi connectivity index (χ1) is 39.5. The van der Waals surface area contributed by atoms with Crippen molar-refractivity contribution in [2.75, 3.05) is 0 Å². The van der Waals surface area contributed by atoms with Crippen LogP contribution in [-0.2, 0) is 12.4 Å². The number of halogens is 6. The molecule has 11 aromatic carbocycles. The summed E-state index contributed by atoms with van der Waals surface area (Å²) >= 11 is 0. The fourth-order valence-electron chi connectivity index (χ4n) is 12.0. The third-order valence-electron chi connectivity index (χ3n) is 15.8. The van der Waals surface area contributed by atoms with Crippen molar-refractivity contribution >= 4 is 43.6 Å². The Morgan fingerprint density at radius 2 is 0.683 bits per heavy atom. The van der Waals surface area contributed by atoms with Crippen LogP contribution >= 0.6 is 0 Å². The molecule has 0 N–H and O–H groups in total. The normalized spacial score (nSPS) is 12.0. The number of nitrogens with zero attached hydrogens (tertiary/aromatic N) is 3. The Kier molecular flexibility index (Phi) is 12.4. The minimum atomic E-state index is -5.15. The molecular formula is C73H49F6N3. The SMILES string of the molecule is Cc1cccc(-c2ccc3c(c2)c2cc(-c4cccc(C)c4)ccc2n3-c2ccc(C#N)c(-c3cc(-c4c(C(F)(F)F)cccc4C(F)(F)F)ccc3-n3c4ccc(-c5cccc(C)c5)cc4c4cc(-c5cccc(C)c5)ccc43)c2)c1. The van der Waals surface area contributed by atoms with E-state index in [0.29, 0.717) is 29.1 Å². The summed E-state index contributed by atoms with van der Waals surface area (Å²) in [6, 6.07) is 72.2. The minimum absolute atomic E-state index is 0.163. The lowest BCUT2D eigenvalue weighted by molar-refractivity contribution is -0.142. The van der Waals surface area contributed by atoms with Crippen molar-refractivity contribution in [3.63, 3.8) is 0 Å². The number of rotatable bonds is 8. The van der Waals surface area contributed by atoms with E-state index in [1.54, 1.807) is 12.1 Å². The van der Waals surface area contributed by atoms with Crippen molar-refractivity contribution in [2.24, 2.45) is 0 Å². The zero-order valence-corrected chi connectivity index (χ0v) is 45.0. The van der Waals surface area contributed by atoms with Gasteiger partial charge in [-0.05, 0) is 169 Å². The Hall–Kier alpha value is -9.91. The van der Waals surface area contributed by atoms with Gasteiger partial charge in [0.2, 0.25) is 0 Å². The Morgan fingerprint density at radius 3 is 1.05 bits per heavy atom. The molecule has 13 rings (SSSR count). The van der Waals surface area contributed by atoms with Gasteiger partial charge in [-0.15, -0.1) is 0 Å². The van der Waals surface area contributed by atoms with Crippen LogP contribution in [0.2, 0.25) is 0 Å². The highest BCUT2D eigenvalue weighted by atomic mass is 19.4.